The van der Waals surface area contributed by atoms with E-state index in [9.17, 15) is 0 Å². The van der Waals surface area contributed by atoms with E-state index in [1.807, 2.05) is 0 Å². The Balaban J connectivity index is 2.08. The first-order valence-corrected chi connectivity index (χ1v) is 7.44. The summed E-state index contributed by atoms with van der Waals surface area (Å²) in [5.74, 6) is 0.665. The second kappa shape index (κ2) is 9.20. The quantitative estimate of drug-likeness (QED) is 0.432. The fraction of sp³-hybridized carbons (Fsp3) is 0.929. The van der Waals surface area contributed by atoms with Crippen molar-refractivity contribution in [3.63, 3.8) is 0 Å². The van der Waals surface area contributed by atoms with Crippen LogP contribution in [-0.2, 0) is 4.74 Å². The van der Waals surface area contributed by atoms with Crippen LogP contribution >= 0.6 is 0 Å². The number of nitrogens with zero attached hydrogens (tertiary/aromatic N) is 2. The summed E-state index contributed by atoms with van der Waals surface area (Å²) in [6.07, 6.45) is 8.00. The Bertz CT molecular complexity index is 233. The van der Waals surface area contributed by atoms with Crippen LogP contribution in [0.15, 0.2) is 4.99 Å². The second-order valence-corrected chi connectivity index (χ2v) is 4.90. The first-order valence-electron chi connectivity index (χ1n) is 7.44. The molecule has 18 heavy (non-hydrogen) atoms. The Labute approximate surface area is 112 Å². The van der Waals surface area contributed by atoms with E-state index < -0.39 is 0 Å². The van der Waals surface area contributed by atoms with Gasteiger partial charge in [0.05, 0.1) is 6.10 Å². The molecule has 0 spiro atoms. The standard InChI is InChI=1S/C14H29N3O/c1-3-17(4-2)14(15)16-11-8-12-18-13-9-6-5-7-10-13/h13H,3-12H2,1-2H3,(H2,15,16). The van der Waals surface area contributed by atoms with Crippen molar-refractivity contribution >= 4 is 5.96 Å². The summed E-state index contributed by atoms with van der Waals surface area (Å²) in [5.41, 5.74) is 5.90. The Morgan fingerprint density at radius 3 is 2.50 bits per heavy atom. The van der Waals surface area contributed by atoms with Gasteiger partial charge in [-0.1, -0.05) is 19.3 Å². The zero-order valence-corrected chi connectivity index (χ0v) is 12.0. The molecule has 0 unspecified atom stereocenters. The first kappa shape index (κ1) is 15.3. The molecular weight excluding hydrogens is 226 g/mol. The molecule has 1 aliphatic carbocycles. The van der Waals surface area contributed by atoms with Gasteiger partial charge in [-0.25, -0.2) is 0 Å². The molecule has 4 nitrogen and oxygen atoms in total. The number of ether oxygens (including phenoxy) is 1. The smallest absolute Gasteiger partial charge is 0.191 e. The number of rotatable bonds is 7. The summed E-state index contributed by atoms with van der Waals surface area (Å²) >= 11 is 0. The summed E-state index contributed by atoms with van der Waals surface area (Å²) in [6.45, 7) is 7.62. The van der Waals surface area contributed by atoms with Crippen LogP contribution in [0.4, 0.5) is 0 Å². The highest BCUT2D eigenvalue weighted by molar-refractivity contribution is 5.77. The van der Waals surface area contributed by atoms with Crippen molar-refractivity contribution in [2.45, 2.75) is 58.5 Å². The molecular formula is C14H29N3O. The van der Waals surface area contributed by atoms with Crippen molar-refractivity contribution in [3.8, 4) is 0 Å². The van der Waals surface area contributed by atoms with Gasteiger partial charge in [0.1, 0.15) is 0 Å². The van der Waals surface area contributed by atoms with Crippen molar-refractivity contribution < 1.29 is 4.74 Å². The van der Waals surface area contributed by atoms with Crippen LogP contribution in [-0.4, -0.2) is 43.2 Å². The average Bonchev–Trinajstić information content (AvgIpc) is 2.41. The largest absolute Gasteiger partial charge is 0.378 e. The lowest BCUT2D eigenvalue weighted by Crippen LogP contribution is -2.37. The fourth-order valence-corrected chi connectivity index (χ4v) is 2.39. The number of nitrogens with two attached hydrogens (primary N) is 1. The Hall–Kier alpha value is -0.770. The number of aliphatic imine (C=N–C) groups is 1. The van der Waals surface area contributed by atoms with Gasteiger partial charge in [-0.15, -0.1) is 0 Å². The highest BCUT2D eigenvalue weighted by Gasteiger charge is 2.12. The molecule has 0 radical (unpaired) electrons. The molecule has 106 valence electrons. The lowest BCUT2D eigenvalue weighted by atomic mass is 9.98. The SMILES string of the molecule is CCN(CC)C(N)=NCCCOC1CCCCC1. The van der Waals surface area contributed by atoms with Gasteiger partial charge in [-0.05, 0) is 33.1 Å². The van der Waals surface area contributed by atoms with Gasteiger partial charge in [-0.2, -0.15) is 0 Å². The predicted octanol–water partition coefficient (Wildman–Crippen LogP) is 2.38. The Morgan fingerprint density at radius 1 is 1.22 bits per heavy atom. The molecule has 0 atom stereocenters. The molecule has 2 N–H and O–H groups in total. The number of hydrogen-bond donors (Lipinski definition) is 1. The van der Waals surface area contributed by atoms with Crippen LogP contribution in [0, 0.1) is 0 Å². The van der Waals surface area contributed by atoms with Gasteiger partial charge in [0, 0.05) is 26.2 Å². The third kappa shape index (κ3) is 5.71. The third-order valence-corrected chi connectivity index (χ3v) is 3.57. The van der Waals surface area contributed by atoms with E-state index >= 15 is 0 Å². The highest BCUT2D eigenvalue weighted by Crippen LogP contribution is 2.20. The first-order chi connectivity index (χ1) is 8.77. The summed E-state index contributed by atoms with van der Waals surface area (Å²) in [4.78, 5) is 6.46. The van der Waals surface area contributed by atoms with E-state index in [0.717, 1.165) is 32.7 Å². The fourth-order valence-electron chi connectivity index (χ4n) is 2.39. The number of guanidine groups is 1. The van der Waals surface area contributed by atoms with Gasteiger partial charge >= 0.3 is 0 Å². The Morgan fingerprint density at radius 2 is 1.89 bits per heavy atom. The van der Waals surface area contributed by atoms with Crippen molar-refractivity contribution in [2.75, 3.05) is 26.2 Å². The van der Waals surface area contributed by atoms with E-state index in [-0.39, 0.29) is 0 Å². The van der Waals surface area contributed by atoms with E-state index in [1.54, 1.807) is 0 Å². The number of hydrogen-bond acceptors (Lipinski definition) is 2. The lowest BCUT2D eigenvalue weighted by molar-refractivity contribution is 0.0281. The molecule has 1 aliphatic rings. The summed E-state index contributed by atoms with van der Waals surface area (Å²) in [5, 5.41) is 0. The molecule has 0 amide bonds. The lowest BCUT2D eigenvalue weighted by Gasteiger charge is -2.22. The van der Waals surface area contributed by atoms with E-state index in [4.69, 9.17) is 10.5 Å². The zero-order valence-electron chi connectivity index (χ0n) is 12.0. The molecule has 1 saturated carbocycles. The zero-order chi connectivity index (χ0) is 13.2. The van der Waals surface area contributed by atoms with E-state index in [1.165, 1.54) is 32.1 Å². The van der Waals surface area contributed by atoms with Crippen LogP contribution in [0.2, 0.25) is 0 Å². The molecule has 4 heteroatoms. The maximum Gasteiger partial charge on any atom is 0.191 e. The molecule has 0 aliphatic heterocycles. The van der Waals surface area contributed by atoms with Crippen LogP contribution in [0.25, 0.3) is 0 Å². The highest BCUT2D eigenvalue weighted by atomic mass is 16.5. The molecule has 1 fully saturated rings. The maximum absolute atomic E-state index is 5.90. The Kier molecular flexibility index (Phi) is 7.81. The van der Waals surface area contributed by atoms with Gasteiger partial charge in [0.2, 0.25) is 0 Å². The van der Waals surface area contributed by atoms with Crippen LogP contribution < -0.4 is 5.73 Å². The molecule has 0 aromatic carbocycles. The van der Waals surface area contributed by atoms with Crippen LogP contribution in [0.1, 0.15) is 52.4 Å². The minimum absolute atomic E-state index is 0.503. The van der Waals surface area contributed by atoms with Gasteiger partial charge in [0.15, 0.2) is 5.96 Å². The predicted molar refractivity (Wildman–Crippen MR) is 76.9 cm³/mol. The normalized spacial score (nSPS) is 18.0. The summed E-state index contributed by atoms with van der Waals surface area (Å²) in [7, 11) is 0. The van der Waals surface area contributed by atoms with Gasteiger partial charge < -0.3 is 15.4 Å². The van der Waals surface area contributed by atoms with Crippen molar-refractivity contribution in [1.29, 1.82) is 0 Å². The summed E-state index contributed by atoms with van der Waals surface area (Å²) in [6, 6.07) is 0. The van der Waals surface area contributed by atoms with Crippen LogP contribution in [0.5, 0.6) is 0 Å². The molecule has 1 rings (SSSR count). The van der Waals surface area contributed by atoms with E-state index in [2.05, 4.69) is 23.7 Å². The van der Waals surface area contributed by atoms with Crippen LogP contribution in [0.3, 0.4) is 0 Å². The molecule has 0 heterocycles. The molecule has 0 saturated heterocycles. The summed E-state index contributed by atoms with van der Waals surface area (Å²) < 4.78 is 5.85. The van der Waals surface area contributed by atoms with E-state index in [0.29, 0.717) is 12.1 Å². The topological polar surface area (TPSA) is 50.8 Å². The molecule has 0 aromatic heterocycles. The molecule has 0 aromatic rings. The van der Waals surface area contributed by atoms with Gasteiger partial charge in [0.25, 0.3) is 0 Å². The molecule has 0 bridgehead atoms. The third-order valence-electron chi connectivity index (χ3n) is 3.57. The van der Waals surface area contributed by atoms with Crippen molar-refractivity contribution in [1.82, 2.24) is 4.90 Å². The average molecular weight is 255 g/mol. The van der Waals surface area contributed by atoms with Crippen molar-refractivity contribution in [2.24, 2.45) is 10.7 Å². The minimum Gasteiger partial charge on any atom is -0.378 e. The van der Waals surface area contributed by atoms with Crippen molar-refractivity contribution in [3.05, 3.63) is 0 Å². The second-order valence-electron chi connectivity index (χ2n) is 4.90. The van der Waals surface area contributed by atoms with Gasteiger partial charge in [-0.3, -0.25) is 4.99 Å². The monoisotopic (exact) mass is 255 g/mol. The minimum atomic E-state index is 0.503. The maximum atomic E-state index is 5.90.